The first-order chi connectivity index (χ1) is 7.27. The number of aromatic amines is 1. The Morgan fingerprint density at radius 1 is 1.40 bits per heavy atom. The molecule has 1 aromatic carbocycles. The van der Waals surface area contributed by atoms with Gasteiger partial charge >= 0.3 is 5.97 Å². The highest BCUT2D eigenvalue weighted by molar-refractivity contribution is 5.99. The number of aromatic nitrogens is 2. The molecule has 0 bridgehead atoms. The molecule has 78 valence electrons. The number of ether oxygens (including phenoxy) is 2. The summed E-state index contributed by atoms with van der Waals surface area (Å²) in [5, 5.41) is 0. The maximum Gasteiger partial charge on any atom is 0.341 e. The second kappa shape index (κ2) is 3.61. The predicted octanol–water partition coefficient (Wildman–Crippen LogP) is 1.36. The molecule has 0 spiro atoms. The van der Waals surface area contributed by atoms with E-state index in [2.05, 4.69) is 14.7 Å². The van der Waals surface area contributed by atoms with Crippen molar-refractivity contribution in [2.24, 2.45) is 0 Å². The van der Waals surface area contributed by atoms with Crippen LogP contribution in [0.15, 0.2) is 18.5 Å². The van der Waals surface area contributed by atoms with Crippen molar-refractivity contribution in [3.8, 4) is 5.75 Å². The number of fused-ring (bicyclic) bond motifs is 1. The lowest BCUT2D eigenvalue weighted by Crippen LogP contribution is -2.04. The Labute approximate surface area is 86.0 Å². The van der Waals surface area contributed by atoms with E-state index in [0.717, 1.165) is 5.52 Å². The monoisotopic (exact) mass is 206 g/mol. The zero-order valence-corrected chi connectivity index (χ0v) is 8.40. The molecule has 0 aliphatic carbocycles. The molecule has 2 aromatic rings. The molecule has 1 N–H and O–H groups in total. The summed E-state index contributed by atoms with van der Waals surface area (Å²) < 4.78 is 9.80. The Kier molecular flexibility index (Phi) is 2.29. The van der Waals surface area contributed by atoms with Crippen molar-refractivity contribution in [3.63, 3.8) is 0 Å². The van der Waals surface area contributed by atoms with E-state index in [4.69, 9.17) is 4.74 Å². The minimum absolute atomic E-state index is 0.375. The summed E-state index contributed by atoms with van der Waals surface area (Å²) in [5.74, 6) is -0.00245. The molecule has 2 rings (SSSR count). The standard InChI is InChI=1S/C10H10N2O3/c1-14-9-6(10(13)15-2)3-4-7-8(9)12-5-11-7/h3-5H,1-2H3,(H,11,12). The quantitative estimate of drug-likeness (QED) is 0.753. The zero-order valence-electron chi connectivity index (χ0n) is 8.40. The Bertz CT molecular complexity index is 504. The third-order valence-electron chi connectivity index (χ3n) is 2.15. The maximum atomic E-state index is 11.4. The van der Waals surface area contributed by atoms with Gasteiger partial charge in [-0.2, -0.15) is 0 Å². The van der Waals surface area contributed by atoms with Gasteiger partial charge in [0.05, 0.1) is 26.1 Å². The van der Waals surface area contributed by atoms with Gasteiger partial charge in [0.2, 0.25) is 0 Å². The average Bonchev–Trinajstić information content (AvgIpc) is 2.74. The number of methoxy groups -OCH3 is 2. The Hall–Kier alpha value is -2.04. The van der Waals surface area contributed by atoms with Crippen molar-refractivity contribution in [2.75, 3.05) is 14.2 Å². The van der Waals surface area contributed by atoms with Crippen LogP contribution in [0.3, 0.4) is 0 Å². The fourth-order valence-corrected chi connectivity index (χ4v) is 1.46. The van der Waals surface area contributed by atoms with Crippen LogP contribution >= 0.6 is 0 Å². The van der Waals surface area contributed by atoms with Crippen LogP contribution in [-0.4, -0.2) is 30.2 Å². The number of hydrogen-bond donors (Lipinski definition) is 1. The van der Waals surface area contributed by atoms with Crippen LogP contribution in [0.2, 0.25) is 0 Å². The Morgan fingerprint density at radius 3 is 2.87 bits per heavy atom. The summed E-state index contributed by atoms with van der Waals surface area (Å²) in [4.78, 5) is 18.4. The molecule has 1 aromatic heterocycles. The number of carbonyl (C=O) groups is 1. The summed E-state index contributed by atoms with van der Waals surface area (Å²) in [6.45, 7) is 0. The van der Waals surface area contributed by atoms with E-state index in [1.54, 1.807) is 18.5 Å². The van der Waals surface area contributed by atoms with Crippen molar-refractivity contribution >= 4 is 17.0 Å². The summed E-state index contributed by atoms with van der Waals surface area (Å²) in [7, 11) is 2.83. The third kappa shape index (κ3) is 1.41. The van der Waals surface area contributed by atoms with Crippen LogP contribution in [0.1, 0.15) is 10.4 Å². The third-order valence-corrected chi connectivity index (χ3v) is 2.15. The highest BCUT2D eigenvalue weighted by Gasteiger charge is 2.16. The molecule has 0 aliphatic heterocycles. The first-order valence-corrected chi connectivity index (χ1v) is 4.36. The van der Waals surface area contributed by atoms with Crippen LogP contribution in [0, 0.1) is 0 Å². The predicted molar refractivity (Wildman–Crippen MR) is 54.0 cm³/mol. The minimum atomic E-state index is -0.434. The fraction of sp³-hybridized carbons (Fsp3) is 0.200. The molecule has 0 unspecified atom stereocenters. The van der Waals surface area contributed by atoms with E-state index in [-0.39, 0.29) is 0 Å². The van der Waals surface area contributed by atoms with E-state index >= 15 is 0 Å². The number of esters is 1. The topological polar surface area (TPSA) is 64.2 Å². The number of nitrogens with zero attached hydrogens (tertiary/aromatic N) is 1. The van der Waals surface area contributed by atoms with Gasteiger partial charge in [-0.15, -0.1) is 0 Å². The molecule has 0 saturated carbocycles. The molecule has 0 atom stereocenters. The lowest BCUT2D eigenvalue weighted by molar-refractivity contribution is 0.0597. The van der Waals surface area contributed by atoms with Gasteiger partial charge in [0.15, 0.2) is 5.75 Å². The van der Waals surface area contributed by atoms with Crippen LogP contribution in [0.4, 0.5) is 0 Å². The molecule has 0 fully saturated rings. The maximum absolute atomic E-state index is 11.4. The van der Waals surface area contributed by atoms with Gasteiger partial charge in [0.1, 0.15) is 11.1 Å². The highest BCUT2D eigenvalue weighted by atomic mass is 16.5. The summed E-state index contributed by atoms with van der Waals surface area (Å²) in [6, 6.07) is 3.41. The van der Waals surface area contributed by atoms with Gasteiger partial charge in [-0.1, -0.05) is 0 Å². The molecule has 1 heterocycles. The average molecular weight is 206 g/mol. The summed E-state index contributed by atoms with van der Waals surface area (Å²) >= 11 is 0. The lowest BCUT2D eigenvalue weighted by Gasteiger charge is -2.06. The number of rotatable bonds is 2. The van der Waals surface area contributed by atoms with Crippen LogP contribution in [0.5, 0.6) is 5.75 Å². The SMILES string of the molecule is COC(=O)c1ccc2[nH]cnc2c1OC. The summed E-state index contributed by atoms with van der Waals surface area (Å²) in [5.41, 5.74) is 1.82. The van der Waals surface area contributed by atoms with Gasteiger partial charge < -0.3 is 14.5 Å². The normalized spacial score (nSPS) is 10.3. The molecule has 0 aliphatic rings. The molecule has 15 heavy (non-hydrogen) atoms. The van der Waals surface area contributed by atoms with Crippen LogP contribution in [-0.2, 0) is 4.74 Å². The molecule has 5 heteroatoms. The number of imidazole rings is 1. The van der Waals surface area contributed by atoms with E-state index in [0.29, 0.717) is 16.8 Å². The number of carbonyl (C=O) groups excluding carboxylic acids is 1. The van der Waals surface area contributed by atoms with Gasteiger partial charge in [-0.25, -0.2) is 9.78 Å². The molecule has 5 nitrogen and oxygen atoms in total. The van der Waals surface area contributed by atoms with E-state index in [1.807, 2.05) is 0 Å². The van der Waals surface area contributed by atoms with Crippen molar-refractivity contribution < 1.29 is 14.3 Å². The molecule has 0 saturated heterocycles. The van der Waals surface area contributed by atoms with Crippen molar-refractivity contribution in [2.45, 2.75) is 0 Å². The zero-order chi connectivity index (χ0) is 10.8. The van der Waals surface area contributed by atoms with Gasteiger partial charge in [-0.05, 0) is 12.1 Å². The number of H-pyrrole nitrogens is 1. The lowest BCUT2D eigenvalue weighted by atomic mass is 10.1. The molecular formula is C10H10N2O3. The molecule has 0 amide bonds. The first kappa shape index (κ1) is 9.51. The van der Waals surface area contributed by atoms with E-state index in [1.165, 1.54) is 14.2 Å². The summed E-state index contributed by atoms with van der Waals surface area (Å²) in [6.07, 6.45) is 1.55. The second-order valence-corrected chi connectivity index (χ2v) is 2.94. The number of benzene rings is 1. The first-order valence-electron chi connectivity index (χ1n) is 4.36. The van der Waals surface area contributed by atoms with Crippen molar-refractivity contribution in [1.29, 1.82) is 0 Å². The van der Waals surface area contributed by atoms with Crippen LogP contribution < -0.4 is 4.74 Å². The fourth-order valence-electron chi connectivity index (χ4n) is 1.46. The number of nitrogens with one attached hydrogen (secondary N) is 1. The molecular weight excluding hydrogens is 196 g/mol. The largest absolute Gasteiger partial charge is 0.493 e. The van der Waals surface area contributed by atoms with Crippen LogP contribution in [0.25, 0.3) is 11.0 Å². The molecule has 0 radical (unpaired) electrons. The van der Waals surface area contributed by atoms with Gasteiger partial charge in [0.25, 0.3) is 0 Å². The van der Waals surface area contributed by atoms with Gasteiger partial charge in [0, 0.05) is 0 Å². The smallest absolute Gasteiger partial charge is 0.341 e. The number of hydrogen-bond acceptors (Lipinski definition) is 4. The van der Waals surface area contributed by atoms with E-state index < -0.39 is 5.97 Å². The highest BCUT2D eigenvalue weighted by Crippen LogP contribution is 2.27. The van der Waals surface area contributed by atoms with E-state index in [9.17, 15) is 4.79 Å². The Morgan fingerprint density at radius 2 is 2.20 bits per heavy atom. The second-order valence-electron chi connectivity index (χ2n) is 2.94. The van der Waals surface area contributed by atoms with Crippen molar-refractivity contribution in [3.05, 3.63) is 24.0 Å². The minimum Gasteiger partial charge on any atom is -0.493 e. The Balaban J connectivity index is 2.69. The van der Waals surface area contributed by atoms with Crippen molar-refractivity contribution in [1.82, 2.24) is 9.97 Å². The van der Waals surface area contributed by atoms with Gasteiger partial charge in [-0.3, -0.25) is 0 Å².